The highest BCUT2D eigenvalue weighted by molar-refractivity contribution is 9.10. The van der Waals surface area contributed by atoms with Gasteiger partial charge in [-0.3, -0.25) is 0 Å². The topological polar surface area (TPSA) is 39.4 Å². The standard InChI is InChI=1S/C10H6BrFO3/c1-14-10(13)7-4-5-2-3-6(11)8(12)9(5)15-7/h2-4H,1H3. The van der Waals surface area contributed by atoms with E-state index in [9.17, 15) is 9.18 Å². The molecule has 0 amide bonds. The van der Waals surface area contributed by atoms with Crippen molar-refractivity contribution in [3.63, 3.8) is 0 Å². The third-order valence-electron chi connectivity index (χ3n) is 1.97. The predicted octanol–water partition coefficient (Wildman–Crippen LogP) is 3.12. The van der Waals surface area contributed by atoms with Crippen molar-refractivity contribution >= 4 is 32.9 Å². The van der Waals surface area contributed by atoms with Crippen LogP contribution in [0.1, 0.15) is 10.6 Å². The lowest BCUT2D eigenvalue weighted by atomic mass is 10.2. The van der Waals surface area contributed by atoms with E-state index in [0.717, 1.165) is 0 Å². The van der Waals surface area contributed by atoms with E-state index in [2.05, 4.69) is 20.7 Å². The van der Waals surface area contributed by atoms with Crippen molar-refractivity contribution in [3.05, 3.63) is 34.2 Å². The van der Waals surface area contributed by atoms with Gasteiger partial charge in [-0.25, -0.2) is 9.18 Å². The van der Waals surface area contributed by atoms with Crippen LogP contribution >= 0.6 is 15.9 Å². The van der Waals surface area contributed by atoms with Crippen molar-refractivity contribution in [2.24, 2.45) is 0 Å². The summed E-state index contributed by atoms with van der Waals surface area (Å²) >= 11 is 3.03. The van der Waals surface area contributed by atoms with Gasteiger partial charge in [0.15, 0.2) is 11.4 Å². The smallest absolute Gasteiger partial charge is 0.373 e. The first-order valence-corrected chi connectivity index (χ1v) is 4.88. The molecule has 0 aliphatic carbocycles. The van der Waals surface area contributed by atoms with Gasteiger partial charge in [0, 0.05) is 5.39 Å². The Bertz CT molecular complexity index is 533. The van der Waals surface area contributed by atoms with Gasteiger partial charge in [0.1, 0.15) is 0 Å². The molecule has 3 nitrogen and oxygen atoms in total. The Morgan fingerprint density at radius 1 is 1.53 bits per heavy atom. The Morgan fingerprint density at radius 3 is 2.93 bits per heavy atom. The number of esters is 1. The summed E-state index contributed by atoms with van der Waals surface area (Å²) in [6.45, 7) is 0. The summed E-state index contributed by atoms with van der Waals surface area (Å²) in [5.41, 5.74) is 0.0461. The number of furan rings is 1. The minimum Gasteiger partial charge on any atom is -0.463 e. The van der Waals surface area contributed by atoms with Crippen molar-refractivity contribution in [2.75, 3.05) is 7.11 Å². The Hall–Kier alpha value is -1.36. The van der Waals surface area contributed by atoms with Crippen LogP contribution in [-0.2, 0) is 4.74 Å². The lowest BCUT2D eigenvalue weighted by molar-refractivity contribution is 0.0567. The third-order valence-corrected chi connectivity index (χ3v) is 2.58. The molecule has 78 valence electrons. The van der Waals surface area contributed by atoms with Crippen LogP contribution in [0.5, 0.6) is 0 Å². The second-order valence-corrected chi connectivity index (χ2v) is 3.74. The zero-order chi connectivity index (χ0) is 11.0. The molecule has 5 heteroatoms. The average Bonchev–Trinajstić information content (AvgIpc) is 2.67. The van der Waals surface area contributed by atoms with Gasteiger partial charge in [-0.2, -0.15) is 0 Å². The summed E-state index contributed by atoms with van der Waals surface area (Å²) in [7, 11) is 1.24. The summed E-state index contributed by atoms with van der Waals surface area (Å²) < 4.78 is 23.3. The molecule has 1 heterocycles. The number of ether oxygens (including phenoxy) is 1. The van der Waals surface area contributed by atoms with Gasteiger partial charge in [-0.05, 0) is 34.1 Å². The number of hydrogen-bond donors (Lipinski definition) is 0. The van der Waals surface area contributed by atoms with Gasteiger partial charge in [0.25, 0.3) is 0 Å². The Kier molecular flexibility index (Phi) is 2.48. The second-order valence-electron chi connectivity index (χ2n) is 2.88. The van der Waals surface area contributed by atoms with Crippen LogP contribution < -0.4 is 0 Å². The minimum atomic E-state index is -0.623. The Morgan fingerprint density at radius 2 is 2.27 bits per heavy atom. The largest absolute Gasteiger partial charge is 0.463 e. The van der Waals surface area contributed by atoms with Crippen LogP contribution in [0.15, 0.2) is 27.1 Å². The zero-order valence-electron chi connectivity index (χ0n) is 7.71. The average molecular weight is 273 g/mol. The van der Waals surface area contributed by atoms with Crippen molar-refractivity contribution in [2.45, 2.75) is 0 Å². The molecule has 2 aromatic rings. The Balaban J connectivity index is 2.66. The number of rotatable bonds is 1. The summed E-state index contributed by atoms with van der Waals surface area (Å²) in [6, 6.07) is 4.64. The molecule has 0 N–H and O–H groups in total. The quantitative estimate of drug-likeness (QED) is 0.749. The van der Waals surface area contributed by atoms with Crippen molar-refractivity contribution in [1.82, 2.24) is 0 Å². The maximum atomic E-state index is 13.5. The zero-order valence-corrected chi connectivity index (χ0v) is 9.30. The molecule has 0 fully saturated rings. The molecule has 0 atom stereocenters. The number of hydrogen-bond acceptors (Lipinski definition) is 3. The van der Waals surface area contributed by atoms with Gasteiger partial charge in [0.2, 0.25) is 5.76 Å². The summed E-state index contributed by atoms with van der Waals surface area (Å²) in [4.78, 5) is 11.1. The molecular formula is C10H6BrFO3. The van der Waals surface area contributed by atoms with E-state index < -0.39 is 11.8 Å². The van der Waals surface area contributed by atoms with Crippen molar-refractivity contribution in [3.8, 4) is 0 Å². The van der Waals surface area contributed by atoms with Crippen LogP contribution in [0.4, 0.5) is 4.39 Å². The number of methoxy groups -OCH3 is 1. The Labute approximate surface area is 92.9 Å². The first-order chi connectivity index (χ1) is 7.13. The molecule has 0 spiro atoms. The number of carbonyl (C=O) groups is 1. The maximum absolute atomic E-state index is 13.5. The van der Waals surface area contributed by atoms with Gasteiger partial charge in [-0.15, -0.1) is 0 Å². The van der Waals surface area contributed by atoms with E-state index in [-0.39, 0.29) is 11.3 Å². The first-order valence-electron chi connectivity index (χ1n) is 4.09. The van der Waals surface area contributed by atoms with Gasteiger partial charge in [0.05, 0.1) is 11.6 Å². The molecule has 1 aromatic carbocycles. The molecule has 0 saturated heterocycles. The lowest BCUT2D eigenvalue weighted by Gasteiger charge is -1.93. The van der Waals surface area contributed by atoms with Crippen LogP contribution in [0.3, 0.4) is 0 Å². The molecule has 0 unspecified atom stereocenters. The molecule has 15 heavy (non-hydrogen) atoms. The lowest BCUT2D eigenvalue weighted by Crippen LogP contribution is -1.97. The predicted molar refractivity (Wildman–Crippen MR) is 55.2 cm³/mol. The number of carbonyl (C=O) groups excluding carboxylic acids is 1. The highest BCUT2D eigenvalue weighted by Crippen LogP contribution is 2.27. The van der Waals surface area contributed by atoms with Crippen LogP contribution in [0, 0.1) is 5.82 Å². The van der Waals surface area contributed by atoms with E-state index in [1.807, 2.05) is 0 Å². The monoisotopic (exact) mass is 272 g/mol. The summed E-state index contributed by atoms with van der Waals surface area (Å²) in [5, 5.41) is 0.524. The van der Waals surface area contributed by atoms with Crippen molar-refractivity contribution in [1.29, 1.82) is 0 Å². The minimum absolute atomic E-state index is 0.00972. The fraction of sp³-hybridized carbons (Fsp3) is 0.100. The van der Waals surface area contributed by atoms with Crippen LogP contribution in [0.25, 0.3) is 11.0 Å². The second kappa shape index (κ2) is 3.66. The molecule has 0 radical (unpaired) electrons. The third kappa shape index (κ3) is 1.63. The van der Waals surface area contributed by atoms with Crippen LogP contribution in [-0.4, -0.2) is 13.1 Å². The number of benzene rings is 1. The van der Waals surface area contributed by atoms with Gasteiger partial charge < -0.3 is 9.15 Å². The number of fused-ring (bicyclic) bond motifs is 1. The molecule has 0 aliphatic heterocycles. The van der Waals surface area contributed by atoms with Crippen molar-refractivity contribution < 1.29 is 18.3 Å². The van der Waals surface area contributed by atoms with Crippen LogP contribution in [0.2, 0.25) is 0 Å². The molecule has 2 rings (SSSR count). The summed E-state index contributed by atoms with van der Waals surface area (Å²) in [5.74, 6) is -1.16. The summed E-state index contributed by atoms with van der Waals surface area (Å²) in [6.07, 6.45) is 0. The van der Waals surface area contributed by atoms with E-state index in [1.54, 1.807) is 12.1 Å². The SMILES string of the molecule is COC(=O)c1cc2ccc(Br)c(F)c2o1. The number of halogens is 2. The normalized spacial score (nSPS) is 10.6. The molecule has 0 bridgehead atoms. The van der Waals surface area contributed by atoms with E-state index in [4.69, 9.17) is 4.42 Å². The fourth-order valence-electron chi connectivity index (χ4n) is 1.25. The van der Waals surface area contributed by atoms with E-state index >= 15 is 0 Å². The molecular weight excluding hydrogens is 267 g/mol. The van der Waals surface area contributed by atoms with Gasteiger partial charge in [-0.1, -0.05) is 0 Å². The van der Waals surface area contributed by atoms with E-state index in [0.29, 0.717) is 9.86 Å². The highest BCUT2D eigenvalue weighted by Gasteiger charge is 2.16. The molecule has 0 aliphatic rings. The highest BCUT2D eigenvalue weighted by atomic mass is 79.9. The molecule has 0 saturated carbocycles. The van der Waals surface area contributed by atoms with E-state index in [1.165, 1.54) is 13.2 Å². The fourth-order valence-corrected chi connectivity index (χ4v) is 1.56. The first kappa shape index (κ1) is 10.2. The van der Waals surface area contributed by atoms with Gasteiger partial charge >= 0.3 is 5.97 Å². The maximum Gasteiger partial charge on any atom is 0.373 e. The molecule has 1 aromatic heterocycles.